The van der Waals surface area contributed by atoms with Crippen molar-refractivity contribution in [1.29, 1.82) is 0 Å². The van der Waals surface area contributed by atoms with Gasteiger partial charge in [0, 0.05) is 0 Å². The number of aliphatic hydroxyl groups is 1. The van der Waals surface area contributed by atoms with Crippen LogP contribution in [0.25, 0.3) is 0 Å². The first kappa shape index (κ1) is 14.4. The van der Waals surface area contributed by atoms with Gasteiger partial charge in [-0.1, -0.05) is 0 Å². The number of hydrogen-bond acceptors (Lipinski definition) is 4. The molecular weight excluding hydrogens is 180 g/mol. The van der Waals surface area contributed by atoms with Gasteiger partial charge in [0.25, 0.3) is 0 Å². The van der Waals surface area contributed by atoms with Crippen LogP contribution in [0.15, 0.2) is 0 Å². The maximum atomic E-state index is 10.9. The predicted octanol–water partition coefficient (Wildman–Crippen LogP) is -1.19. The normalized spacial score (nSPS) is 11.2. The second kappa shape index (κ2) is 7.51. The summed E-state index contributed by atoms with van der Waals surface area (Å²) in [7, 11) is 0. The molecule has 1 atom stereocenters. The molecular formula is C7H14O6. The van der Waals surface area contributed by atoms with Crippen LogP contribution >= 0.6 is 0 Å². The van der Waals surface area contributed by atoms with Crippen LogP contribution in [0.2, 0.25) is 0 Å². The van der Waals surface area contributed by atoms with Gasteiger partial charge in [-0.2, -0.15) is 0 Å². The van der Waals surface area contributed by atoms with Crippen LogP contribution in [0.3, 0.4) is 0 Å². The summed E-state index contributed by atoms with van der Waals surface area (Å²) in [6.07, 6.45) is -0.394. The van der Waals surface area contributed by atoms with Gasteiger partial charge in [0.1, 0.15) is 0 Å². The average molecular weight is 194 g/mol. The van der Waals surface area contributed by atoms with E-state index in [9.17, 15) is 9.59 Å². The standard InChI is InChI=1S/C7H12O5.H2O/c1-2-12-7(11)5(4-8)3-6(9)10;/h5,8H,2-4H2,1H3,(H,9,10);1H2. The fraction of sp³-hybridized carbons (Fsp3) is 0.714. The van der Waals surface area contributed by atoms with Gasteiger partial charge in [-0.05, 0) is 6.92 Å². The predicted molar refractivity (Wildman–Crippen MR) is 43.1 cm³/mol. The monoisotopic (exact) mass is 194 g/mol. The van der Waals surface area contributed by atoms with Gasteiger partial charge >= 0.3 is 11.9 Å². The highest BCUT2D eigenvalue weighted by atomic mass is 16.5. The average Bonchev–Trinajstić information content (AvgIpc) is 2.00. The van der Waals surface area contributed by atoms with Gasteiger partial charge < -0.3 is 20.4 Å². The van der Waals surface area contributed by atoms with Gasteiger partial charge in [0.2, 0.25) is 0 Å². The molecule has 0 aliphatic rings. The van der Waals surface area contributed by atoms with Crippen LogP contribution in [0, 0.1) is 5.92 Å². The summed E-state index contributed by atoms with van der Waals surface area (Å²) in [5.41, 5.74) is 0. The Balaban J connectivity index is 0. The molecule has 0 aliphatic carbocycles. The van der Waals surface area contributed by atoms with Crippen molar-refractivity contribution in [2.75, 3.05) is 13.2 Å². The Bertz CT molecular complexity index is 166. The van der Waals surface area contributed by atoms with Gasteiger partial charge in [-0.3, -0.25) is 9.59 Å². The minimum atomic E-state index is -1.12. The van der Waals surface area contributed by atoms with Crippen molar-refractivity contribution in [2.24, 2.45) is 5.92 Å². The molecule has 78 valence electrons. The molecule has 0 aromatic carbocycles. The summed E-state index contributed by atoms with van der Waals surface area (Å²) < 4.78 is 4.53. The van der Waals surface area contributed by atoms with Crippen molar-refractivity contribution in [3.63, 3.8) is 0 Å². The number of hydrogen-bond donors (Lipinski definition) is 2. The number of ether oxygens (including phenoxy) is 1. The smallest absolute Gasteiger partial charge is 0.311 e. The fourth-order valence-corrected chi connectivity index (χ4v) is 0.693. The van der Waals surface area contributed by atoms with Crippen LogP contribution in [0.4, 0.5) is 0 Å². The Morgan fingerprint density at radius 2 is 2.00 bits per heavy atom. The van der Waals surface area contributed by atoms with Crippen LogP contribution in [0.1, 0.15) is 13.3 Å². The first-order valence-corrected chi connectivity index (χ1v) is 3.61. The summed E-state index contributed by atoms with van der Waals surface area (Å²) in [6, 6.07) is 0. The van der Waals surface area contributed by atoms with Crippen molar-refractivity contribution in [3.8, 4) is 0 Å². The van der Waals surface area contributed by atoms with Crippen molar-refractivity contribution in [2.45, 2.75) is 13.3 Å². The molecule has 0 spiro atoms. The number of aliphatic hydroxyl groups excluding tert-OH is 1. The highest BCUT2D eigenvalue weighted by Crippen LogP contribution is 2.04. The lowest BCUT2D eigenvalue weighted by Gasteiger charge is -2.09. The van der Waals surface area contributed by atoms with Gasteiger partial charge in [0.15, 0.2) is 0 Å². The van der Waals surface area contributed by atoms with E-state index in [1.54, 1.807) is 6.92 Å². The summed E-state index contributed by atoms with van der Waals surface area (Å²) in [5, 5.41) is 16.9. The molecule has 0 saturated heterocycles. The Labute approximate surface area is 75.4 Å². The first-order chi connectivity index (χ1) is 5.61. The Hall–Kier alpha value is -1.14. The molecule has 6 nitrogen and oxygen atoms in total. The molecule has 13 heavy (non-hydrogen) atoms. The minimum absolute atomic E-state index is 0. The van der Waals surface area contributed by atoms with E-state index >= 15 is 0 Å². The zero-order chi connectivity index (χ0) is 9.56. The molecule has 1 unspecified atom stereocenters. The van der Waals surface area contributed by atoms with Crippen LogP contribution in [0.5, 0.6) is 0 Å². The highest BCUT2D eigenvalue weighted by Gasteiger charge is 2.21. The fourth-order valence-electron chi connectivity index (χ4n) is 0.693. The number of carboxylic acid groups (broad SMARTS) is 1. The molecule has 0 heterocycles. The number of rotatable bonds is 5. The Kier molecular flexibility index (Phi) is 8.31. The summed E-state index contributed by atoms with van der Waals surface area (Å²) in [4.78, 5) is 21.0. The van der Waals surface area contributed by atoms with E-state index in [4.69, 9.17) is 10.2 Å². The number of carbonyl (C=O) groups is 2. The molecule has 0 saturated carbocycles. The molecule has 0 aromatic rings. The molecule has 0 radical (unpaired) electrons. The molecule has 0 bridgehead atoms. The quantitative estimate of drug-likeness (QED) is 0.534. The third kappa shape index (κ3) is 6.06. The second-order valence-electron chi connectivity index (χ2n) is 2.23. The van der Waals surface area contributed by atoms with E-state index < -0.39 is 30.9 Å². The molecule has 0 amide bonds. The van der Waals surface area contributed by atoms with E-state index in [-0.39, 0.29) is 12.1 Å². The molecule has 0 aromatic heterocycles. The molecule has 4 N–H and O–H groups in total. The molecule has 6 heteroatoms. The zero-order valence-electron chi connectivity index (χ0n) is 7.32. The number of esters is 1. The van der Waals surface area contributed by atoms with E-state index in [1.165, 1.54) is 0 Å². The van der Waals surface area contributed by atoms with Crippen molar-refractivity contribution in [3.05, 3.63) is 0 Å². The van der Waals surface area contributed by atoms with E-state index in [0.29, 0.717) is 0 Å². The van der Waals surface area contributed by atoms with E-state index in [2.05, 4.69) is 4.74 Å². The lowest BCUT2D eigenvalue weighted by atomic mass is 10.1. The highest BCUT2D eigenvalue weighted by molar-refractivity contribution is 5.79. The summed E-state index contributed by atoms with van der Waals surface area (Å²) >= 11 is 0. The maximum Gasteiger partial charge on any atom is 0.311 e. The lowest BCUT2D eigenvalue weighted by molar-refractivity contribution is -0.154. The van der Waals surface area contributed by atoms with Gasteiger partial charge in [-0.25, -0.2) is 0 Å². The molecule has 0 rings (SSSR count). The SMILES string of the molecule is CCOC(=O)C(CO)CC(=O)O.O. The number of carboxylic acids is 1. The maximum absolute atomic E-state index is 10.9. The van der Waals surface area contributed by atoms with Crippen molar-refractivity contribution < 1.29 is 30.0 Å². The van der Waals surface area contributed by atoms with E-state index in [1.807, 2.05) is 0 Å². The largest absolute Gasteiger partial charge is 0.481 e. The first-order valence-electron chi connectivity index (χ1n) is 3.61. The second-order valence-corrected chi connectivity index (χ2v) is 2.23. The van der Waals surface area contributed by atoms with Gasteiger partial charge in [0.05, 0.1) is 25.6 Å². The molecule has 0 aliphatic heterocycles. The Morgan fingerprint density at radius 1 is 1.46 bits per heavy atom. The number of carbonyl (C=O) groups excluding carboxylic acids is 1. The van der Waals surface area contributed by atoms with Crippen LogP contribution in [-0.4, -0.2) is 40.8 Å². The minimum Gasteiger partial charge on any atom is -0.481 e. The van der Waals surface area contributed by atoms with Crippen LogP contribution in [-0.2, 0) is 14.3 Å². The third-order valence-electron chi connectivity index (χ3n) is 1.26. The van der Waals surface area contributed by atoms with Crippen LogP contribution < -0.4 is 0 Å². The molecule has 0 fully saturated rings. The lowest BCUT2D eigenvalue weighted by Crippen LogP contribution is -2.24. The van der Waals surface area contributed by atoms with Gasteiger partial charge in [-0.15, -0.1) is 0 Å². The number of aliphatic carboxylic acids is 1. The summed E-state index contributed by atoms with van der Waals surface area (Å²) in [6.45, 7) is 1.31. The van der Waals surface area contributed by atoms with Crippen molar-refractivity contribution >= 4 is 11.9 Å². The van der Waals surface area contributed by atoms with E-state index in [0.717, 1.165) is 0 Å². The zero-order valence-corrected chi connectivity index (χ0v) is 7.32. The topological polar surface area (TPSA) is 115 Å². The Morgan fingerprint density at radius 3 is 2.31 bits per heavy atom. The van der Waals surface area contributed by atoms with Crippen molar-refractivity contribution in [1.82, 2.24) is 0 Å². The summed E-state index contributed by atoms with van der Waals surface area (Å²) in [5.74, 6) is -2.73. The third-order valence-corrected chi connectivity index (χ3v) is 1.26.